The van der Waals surface area contributed by atoms with Gasteiger partial charge in [0.2, 0.25) is 0 Å². The molecule has 0 aliphatic rings. The minimum Gasteiger partial charge on any atom is -0.480 e. The lowest BCUT2D eigenvalue weighted by atomic mass is 9.99. The zero-order chi connectivity index (χ0) is 11.4. The van der Waals surface area contributed by atoms with Crippen molar-refractivity contribution in [2.45, 2.75) is 51.8 Å². The molecule has 0 aromatic heterocycles. The Morgan fingerprint density at radius 3 is 2.36 bits per heavy atom. The normalized spacial score (nSPS) is 16.4. The molecule has 0 aromatic rings. The summed E-state index contributed by atoms with van der Waals surface area (Å²) >= 11 is 0. The molecule has 0 saturated heterocycles. The Labute approximate surface area is 85.6 Å². The Morgan fingerprint density at radius 1 is 1.50 bits per heavy atom. The Kier molecular flexibility index (Phi) is 5.08. The highest BCUT2D eigenvalue weighted by molar-refractivity contribution is 5.72. The summed E-state index contributed by atoms with van der Waals surface area (Å²) in [6, 6.07) is -0.395. The summed E-state index contributed by atoms with van der Waals surface area (Å²) in [5.74, 6) is -0.827. The molecule has 2 N–H and O–H groups in total. The molecule has 4 nitrogen and oxygen atoms in total. The van der Waals surface area contributed by atoms with Gasteiger partial charge in [0.25, 0.3) is 0 Å². The summed E-state index contributed by atoms with van der Waals surface area (Å²) in [6.45, 7) is 7.56. The lowest BCUT2D eigenvalue weighted by Gasteiger charge is -2.28. The Hall–Kier alpha value is -0.610. The Morgan fingerprint density at radius 2 is 2.00 bits per heavy atom. The van der Waals surface area contributed by atoms with Gasteiger partial charge in [-0.2, -0.15) is 0 Å². The van der Waals surface area contributed by atoms with Crippen LogP contribution in [0.25, 0.3) is 0 Å². The lowest BCUT2D eigenvalue weighted by molar-refractivity contribution is -0.139. The summed E-state index contributed by atoms with van der Waals surface area (Å²) in [4.78, 5) is 10.6. The summed E-state index contributed by atoms with van der Waals surface area (Å²) in [7, 11) is 1.66. The number of methoxy groups -OCH3 is 1. The highest BCUT2D eigenvalue weighted by atomic mass is 16.5. The lowest BCUT2D eigenvalue weighted by Crippen LogP contribution is -2.43. The van der Waals surface area contributed by atoms with E-state index in [0.717, 1.165) is 6.42 Å². The molecular weight excluding hydrogens is 182 g/mol. The van der Waals surface area contributed by atoms with E-state index in [1.807, 2.05) is 20.8 Å². The van der Waals surface area contributed by atoms with Crippen molar-refractivity contribution in [2.24, 2.45) is 0 Å². The number of hydrogen-bond donors (Lipinski definition) is 2. The van der Waals surface area contributed by atoms with Crippen molar-refractivity contribution in [2.75, 3.05) is 7.11 Å². The number of aliphatic carboxylic acids is 1. The quantitative estimate of drug-likeness (QED) is 0.682. The van der Waals surface area contributed by atoms with E-state index in [1.54, 1.807) is 14.0 Å². The van der Waals surface area contributed by atoms with Crippen molar-refractivity contribution < 1.29 is 14.6 Å². The topological polar surface area (TPSA) is 58.6 Å². The smallest absolute Gasteiger partial charge is 0.320 e. The molecule has 0 heterocycles. The molecule has 0 aromatic carbocycles. The SMILES string of the molecule is COC(C)(C)CC(C)NC(C)C(=O)O. The number of carbonyl (C=O) groups is 1. The highest BCUT2D eigenvalue weighted by Crippen LogP contribution is 2.15. The van der Waals surface area contributed by atoms with Crippen LogP contribution in [0.4, 0.5) is 0 Å². The predicted octanol–water partition coefficient (Wildman–Crippen LogP) is 1.25. The fourth-order valence-corrected chi connectivity index (χ4v) is 1.38. The average molecular weight is 203 g/mol. The molecule has 0 amide bonds. The molecule has 0 aliphatic heterocycles. The summed E-state index contributed by atoms with van der Waals surface area (Å²) in [6.07, 6.45) is 0.779. The van der Waals surface area contributed by atoms with Gasteiger partial charge < -0.3 is 15.2 Å². The second-order valence-corrected chi connectivity index (χ2v) is 4.30. The van der Waals surface area contributed by atoms with Crippen molar-refractivity contribution in [1.82, 2.24) is 5.32 Å². The first-order chi connectivity index (χ1) is 6.28. The zero-order valence-electron chi connectivity index (χ0n) is 9.63. The van der Waals surface area contributed by atoms with Crippen LogP contribution in [-0.4, -0.2) is 35.9 Å². The maximum Gasteiger partial charge on any atom is 0.320 e. The number of nitrogens with one attached hydrogen (secondary N) is 1. The standard InChI is InChI=1S/C10H21NO3/c1-7(6-10(3,4)14-5)11-8(2)9(12)13/h7-8,11H,6H2,1-5H3,(H,12,13). The molecule has 0 rings (SSSR count). The van der Waals surface area contributed by atoms with Crippen LogP contribution in [0.1, 0.15) is 34.1 Å². The molecule has 14 heavy (non-hydrogen) atoms. The van der Waals surface area contributed by atoms with Gasteiger partial charge in [0.15, 0.2) is 0 Å². The van der Waals surface area contributed by atoms with Gasteiger partial charge in [0, 0.05) is 13.2 Å². The Balaban J connectivity index is 3.98. The molecule has 0 radical (unpaired) electrons. The molecule has 0 spiro atoms. The van der Waals surface area contributed by atoms with Gasteiger partial charge >= 0.3 is 5.97 Å². The number of carboxylic acid groups (broad SMARTS) is 1. The van der Waals surface area contributed by atoms with Crippen LogP contribution < -0.4 is 5.32 Å². The van der Waals surface area contributed by atoms with E-state index in [9.17, 15) is 4.79 Å². The van der Waals surface area contributed by atoms with E-state index in [0.29, 0.717) is 0 Å². The van der Waals surface area contributed by atoms with Crippen LogP contribution in [0.3, 0.4) is 0 Å². The predicted molar refractivity (Wildman–Crippen MR) is 55.4 cm³/mol. The van der Waals surface area contributed by atoms with Crippen molar-refractivity contribution in [3.63, 3.8) is 0 Å². The highest BCUT2D eigenvalue weighted by Gasteiger charge is 2.22. The minimum atomic E-state index is -0.827. The number of carboxylic acids is 1. The van der Waals surface area contributed by atoms with Gasteiger partial charge in [-0.3, -0.25) is 4.79 Å². The number of ether oxygens (including phenoxy) is 1. The molecule has 4 heteroatoms. The van der Waals surface area contributed by atoms with Crippen LogP contribution in [0, 0.1) is 0 Å². The van der Waals surface area contributed by atoms with Crippen LogP contribution >= 0.6 is 0 Å². The van der Waals surface area contributed by atoms with Crippen LogP contribution in [0.5, 0.6) is 0 Å². The van der Waals surface area contributed by atoms with Gasteiger partial charge in [0.05, 0.1) is 5.60 Å². The van der Waals surface area contributed by atoms with E-state index in [-0.39, 0.29) is 11.6 Å². The second kappa shape index (κ2) is 5.32. The second-order valence-electron chi connectivity index (χ2n) is 4.30. The molecule has 0 fully saturated rings. The maximum absolute atomic E-state index is 10.6. The van der Waals surface area contributed by atoms with Crippen molar-refractivity contribution in [3.8, 4) is 0 Å². The van der Waals surface area contributed by atoms with Crippen LogP contribution in [0.2, 0.25) is 0 Å². The minimum absolute atomic E-state index is 0.121. The van der Waals surface area contributed by atoms with Crippen LogP contribution in [0.15, 0.2) is 0 Å². The van der Waals surface area contributed by atoms with Crippen molar-refractivity contribution >= 4 is 5.97 Å². The maximum atomic E-state index is 10.6. The van der Waals surface area contributed by atoms with Crippen LogP contribution in [-0.2, 0) is 9.53 Å². The third kappa shape index (κ3) is 5.19. The fourth-order valence-electron chi connectivity index (χ4n) is 1.38. The first-order valence-electron chi connectivity index (χ1n) is 4.82. The third-order valence-electron chi connectivity index (χ3n) is 2.26. The summed E-state index contributed by atoms with van der Waals surface area (Å²) < 4.78 is 5.26. The molecule has 2 atom stereocenters. The molecule has 0 aliphatic carbocycles. The molecule has 0 saturated carbocycles. The average Bonchev–Trinajstić information content (AvgIpc) is 2.02. The molecule has 0 bridgehead atoms. The van der Waals surface area contributed by atoms with Crippen molar-refractivity contribution in [1.29, 1.82) is 0 Å². The monoisotopic (exact) mass is 203 g/mol. The molecule has 84 valence electrons. The first-order valence-corrected chi connectivity index (χ1v) is 4.82. The van der Waals surface area contributed by atoms with E-state index >= 15 is 0 Å². The summed E-state index contributed by atoms with van der Waals surface area (Å²) in [5, 5.41) is 11.7. The number of rotatable bonds is 6. The fraction of sp³-hybridized carbons (Fsp3) is 0.900. The van der Waals surface area contributed by atoms with Crippen molar-refractivity contribution in [3.05, 3.63) is 0 Å². The largest absolute Gasteiger partial charge is 0.480 e. The van der Waals surface area contributed by atoms with Gasteiger partial charge in [0.1, 0.15) is 6.04 Å². The van der Waals surface area contributed by atoms with E-state index in [2.05, 4.69) is 5.32 Å². The van der Waals surface area contributed by atoms with E-state index in [1.165, 1.54) is 0 Å². The van der Waals surface area contributed by atoms with Gasteiger partial charge in [-0.05, 0) is 34.1 Å². The van der Waals surface area contributed by atoms with Gasteiger partial charge in [-0.25, -0.2) is 0 Å². The molecule has 2 unspecified atom stereocenters. The zero-order valence-corrected chi connectivity index (χ0v) is 9.63. The third-order valence-corrected chi connectivity index (χ3v) is 2.26. The Bertz CT molecular complexity index is 192. The van der Waals surface area contributed by atoms with E-state index < -0.39 is 12.0 Å². The van der Waals surface area contributed by atoms with Gasteiger partial charge in [-0.15, -0.1) is 0 Å². The number of hydrogen-bond acceptors (Lipinski definition) is 3. The first kappa shape index (κ1) is 13.4. The van der Waals surface area contributed by atoms with Gasteiger partial charge in [-0.1, -0.05) is 0 Å². The molecular formula is C10H21NO3. The van der Waals surface area contributed by atoms with E-state index in [4.69, 9.17) is 9.84 Å². The summed E-state index contributed by atoms with van der Waals surface area (Å²) in [5.41, 5.74) is -0.218.